The molecule has 108 valence electrons. The van der Waals surface area contributed by atoms with Crippen LogP contribution in [-0.2, 0) is 14.6 Å². The van der Waals surface area contributed by atoms with Crippen LogP contribution in [0.1, 0.15) is 39.5 Å². The largest absolute Gasteiger partial charge is 0.481 e. The van der Waals surface area contributed by atoms with Gasteiger partial charge in [-0.3, -0.25) is 4.79 Å². The number of nitrogens with one attached hydrogen (secondary N) is 1. The number of hydrogen-bond donors (Lipinski definition) is 2. The molecule has 0 amide bonds. The lowest BCUT2D eigenvalue weighted by Crippen LogP contribution is -2.28. The molecule has 6 heteroatoms. The standard InChI is InChI=1S/C12H25NO4S/c1-10(12(14)15)6-4-7-11(2)13-8-5-9-18(3,16)17/h10-11,13H,4-9H2,1-3H3,(H,14,15). The highest BCUT2D eigenvalue weighted by molar-refractivity contribution is 7.90. The van der Waals surface area contributed by atoms with Crippen molar-refractivity contribution in [2.75, 3.05) is 18.6 Å². The van der Waals surface area contributed by atoms with Crippen molar-refractivity contribution >= 4 is 15.8 Å². The summed E-state index contributed by atoms with van der Waals surface area (Å²) < 4.78 is 21.8. The van der Waals surface area contributed by atoms with Crippen molar-refractivity contribution < 1.29 is 18.3 Å². The molecule has 0 saturated heterocycles. The van der Waals surface area contributed by atoms with Crippen LogP contribution in [0.25, 0.3) is 0 Å². The Bertz CT molecular complexity index is 340. The van der Waals surface area contributed by atoms with Crippen LogP contribution in [0, 0.1) is 5.92 Å². The maximum absolute atomic E-state index is 10.9. The molecule has 2 unspecified atom stereocenters. The third kappa shape index (κ3) is 10.5. The minimum Gasteiger partial charge on any atom is -0.481 e. The molecule has 0 spiro atoms. The van der Waals surface area contributed by atoms with Crippen LogP contribution in [0.15, 0.2) is 0 Å². The van der Waals surface area contributed by atoms with Gasteiger partial charge in [0.2, 0.25) is 0 Å². The first-order valence-electron chi connectivity index (χ1n) is 6.36. The zero-order valence-corrected chi connectivity index (χ0v) is 12.3. The first kappa shape index (κ1) is 17.4. The zero-order valence-electron chi connectivity index (χ0n) is 11.5. The molecule has 0 aliphatic heterocycles. The molecule has 0 heterocycles. The summed E-state index contributed by atoms with van der Waals surface area (Å²) in [6.45, 7) is 4.43. The zero-order chi connectivity index (χ0) is 14.2. The van der Waals surface area contributed by atoms with Crippen molar-refractivity contribution in [2.45, 2.75) is 45.6 Å². The van der Waals surface area contributed by atoms with Crippen molar-refractivity contribution in [3.05, 3.63) is 0 Å². The molecule has 0 bridgehead atoms. The van der Waals surface area contributed by atoms with E-state index in [1.807, 2.05) is 6.92 Å². The fourth-order valence-electron chi connectivity index (χ4n) is 1.64. The van der Waals surface area contributed by atoms with Crippen LogP contribution < -0.4 is 5.32 Å². The number of aliphatic carboxylic acids is 1. The van der Waals surface area contributed by atoms with E-state index in [1.165, 1.54) is 6.26 Å². The predicted molar refractivity (Wildman–Crippen MR) is 72.4 cm³/mol. The summed E-state index contributed by atoms with van der Waals surface area (Å²) in [5, 5.41) is 12.0. The molecule has 0 fully saturated rings. The molecule has 2 N–H and O–H groups in total. The van der Waals surface area contributed by atoms with E-state index in [1.54, 1.807) is 6.92 Å². The van der Waals surface area contributed by atoms with E-state index in [9.17, 15) is 13.2 Å². The molecule has 0 aliphatic carbocycles. The maximum Gasteiger partial charge on any atom is 0.306 e. The number of hydrogen-bond acceptors (Lipinski definition) is 4. The Morgan fingerprint density at radius 2 is 1.83 bits per heavy atom. The number of sulfone groups is 1. The lowest BCUT2D eigenvalue weighted by atomic mass is 10.0. The van der Waals surface area contributed by atoms with Crippen molar-refractivity contribution in [2.24, 2.45) is 5.92 Å². The highest BCUT2D eigenvalue weighted by atomic mass is 32.2. The Balaban J connectivity index is 3.54. The quantitative estimate of drug-likeness (QED) is 0.589. The van der Waals surface area contributed by atoms with Gasteiger partial charge in [0.1, 0.15) is 9.84 Å². The molecule has 0 rings (SSSR count). The fourth-order valence-corrected chi connectivity index (χ4v) is 2.31. The van der Waals surface area contributed by atoms with Crippen molar-refractivity contribution in [1.82, 2.24) is 5.32 Å². The van der Waals surface area contributed by atoms with Gasteiger partial charge in [-0.1, -0.05) is 13.3 Å². The van der Waals surface area contributed by atoms with Gasteiger partial charge in [0.05, 0.1) is 11.7 Å². The molecule has 18 heavy (non-hydrogen) atoms. The van der Waals surface area contributed by atoms with Gasteiger partial charge in [-0.05, 0) is 32.7 Å². The Labute approximate surface area is 110 Å². The van der Waals surface area contributed by atoms with E-state index in [4.69, 9.17) is 5.11 Å². The molecule has 5 nitrogen and oxygen atoms in total. The van der Waals surface area contributed by atoms with Gasteiger partial charge in [-0.2, -0.15) is 0 Å². The molecular formula is C12H25NO4S. The Morgan fingerprint density at radius 3 is 2.33 bits per heavy atom. The Kier molecular flexibility index (Phi) is 8.18. The lowest BCUT2D eigenvalue weighted by molar-refractivity contribution is -0.141. The topological polar surface area (TPSA) is 83.5 Å². The highest BCUT2D eigenvalue weighted by Gasteiger charge is 2.11. The van der Waals surface area contributed by atoms with Crippen LogP contribution in [0.3, 0.4) is 0 Å². The Hall–Kier alpha value is -0.620. The van der Waals surface area contributed by atoms with E-state index in [-0.39, 0.29) is 11.7 Å². The lowest BCUT2D eigenvalue weighted by Gasteiger charge is -2.14. The van der Waals surface area contributed by atoms with Gasteiger partial charge >= 0.3 is 5.97 Å². The summed E-state index contributed by atoms with van der Waals surface area (Å²) in [6, 6.07) is 0.297. The van der Waals surface area contributed by atoms with Gasteiger partial charge in [-0.25, -0.2) is 8.42 Å². The molecule has 0 aromatic rings. The second-order valence-corrected chi connectivity index (χ2v) is 7.27. The number of carbonyl (C=O) groups is 1. The molecule has 0 saturated carbocycles. The summed E-state index contributed by atoms with van der Waals surface area (Å²) >= 11 is 0. The number of carboxylic acids is 1. The number of rotatable bonds is 10. The SMILES string of the molecule is CC(CCCC(C)C(=O)O)NCCCS(C)(=O)=O. The van der Waals surface area contributed by atoms with Gasteiger partial charge in [0, 0.05) is 12.3 Å². The minimum atomic E-state index is -2.87. The summed E-state index contributed by atoms with van der Waals surface area (Å²) in [5.74, 6) is -0.825. The normalized spacial score (nSPS) is 15.3. The van der Waals surface area contributed by atoms with Crippen LogP contribution in [0.2, 0.25) is 0 Å². The summed E-state index contributed by atoms with van der Waals surface area (Å²) in [4.78, 5) is 10.6. The smallest absolute Gasteiger partial charge is 0.306 e. The summed E-state index contributed by atoms with van der Waals surface area (Å²) in [6.07, 6.45) is 4.33. The van der Waals surface area contributed by atoms with Crippen molar-refractivity contribution in [1.29, 1.82) is 0 Å². The van der Waals surface area contributed by atoms with Gasteiger partial charge in [0.25, 0.3) is 0 Å². The van der Waals surface area contributed by atoms with E-state index >= 15 is 0 Å². The monoisotopic (exact) mass is 279 g/mol. The third-order valence-electron chi connectivity index (χ3n) is 2.88. The molecule has 0 radical (unpaired) electrons. The van der Waals surface area contributed by atoms with Crippen molar-refractivity contribution in [3.8, 4) is 0 Å². The van der Waals surface area contributed by atoms with Crippen LogP contribution in [0.5, 0.6) is 0 Å². The third-order valence-corrected chi connectivity index (χ3v) is 3.91. The van der Waals surface area contributed by atoms with Crippen LogP contribution in [-0.4, -0.2) is 44.1 Å². The second kappa shape index (κ2) is 8.48. The first-order valence-corrected chi connectivity index (χ1v) is 8.42. The van der Waals surface area contributed by atoms with E-state index in [0.717, 1.165) is 12.8 Å². The minimum absolute atomic E-state index is 0.211. The molecule has 0 aromatic carbocycles. The second-order valence-electron chi connectivity index (χ2n) is 5.01. The van der Waals surface area contributed by atoms with E-state index < -0.39 is 15.8 Å². The highest BCUT2D eigenvalue weighted by Crippen LogP contribution is 2.09. The number of carboxylic acid groups (broad SMARTS) is 1. The fraction of sp³-hybridized carbons (Fsp3) is 0.917. The Morgan fingerprint density at radius 1 is 1.22 bits per heavy atom. The van der Waals surface area contributed by atoms with Gasteiger partial charge < -0.3 is 10.4 Å². The van der Waals surface area contributed by atoms with Crippen LogP contribution in [0.4, 0.5) is 0 Å². The maximum atomic E-state index is 10.9. The van der Waals surface area contributed by atoms with Crippen LogP contribution >= 0.6 is 0 Å². The van der Waals surface area contributed by atoms with E-state index in [0.29, 0.717) is 25.4 Å². The molecular weight excluding hydrogens is 254 g/mol. The molecule has 2 atom stereocenters. The summed E-state index contributed by atoms with van der Waals surface area (Å²) in [7, 11) is -2.87. The molecule has 0 aliphatic rings. The van der Waals surface area contributed by atoms with E-state index in [2.05, 4.69) is 5.32 Å². The molecule has 0 aromatic heterocycles. The predicted octanol–water partition coefficient (Wildman–Crippen LogP) is 1.29. The summed E-state index contributed by atoms with van der Waals surface area (Å²) in [5.41, 5.74) is 0. The van der Waals surface area contributed by atoms with Gasteiger partial charge in [0.15, 0.2) is 0 Å². The average Bonchev–Trinajstić information content (AvgIpc) is 2.22. The average molecular weight is 279 g/mol. The first-order chi connectivity index (χ1) is 8.22. The van der Waals surface area contributed by atoms with Gasteiger partial charge in [-0.15, -0.1) is 0 Å². The van der Waals surface area contributed by atoms with Crippen molar-refractivity contribution in [3.63, 3.8) is 0 Å².